The van der Waals surface area contributed by atoms with Crippen molar-refractivity contribution in [3.8, 4) is 0 Å². The summed E-state index contributed by atoms with van der Waals surface area (Å²) < 4.78 is 14.8. The summed E-state index contributed by atoms with van der Waals surface area (Å²) in [4.78, 5) is 37.0. The molecule has 1 aliphatic rings. The van der Waals surface area contributed by atoms with E-state index in [9.17, 15) is 19.5 Å². The quantitative estimate of drug-likeness (QED) is 0.331. The molecule has 0 aromatic carbocycles. The van der Waals surface area contributed by atoms with Gasteiger partial charge in [-0.3, -0.25) is 4.90 Å². The van der Waals surface area contributed by atoms with Crippen LogP contribution < -0.4 is 5.82 Å². The number of aryl methyl sites for hydroxylation is 1. The zero-order valence-electron chi connectivity index (χ0n) is 17.3. The molecule has 1 N–H and O–H groups in total. The molecule has 8 nitrogen and oxygen atoms in total. The topological polar surface area (TPSA) is 110 Å². The number of carbonyl (C=O) groups excluding carboxylic acids is 1. The zero-order chi connectivity index (χ0) is 23.1. The lowest BCUT2D eigenvalue weighted by atomic mass is 9.97. The molecule has 1 aromatic rings. The van der Waals surface area contributed by atoms with Gasteiger partial charge in [-0.15, -0.1) is 11.8 Å². The van der Waals surface area contributed by atoms with E-state index in [0.29, 0.717) is 41.4 Å². The molecule has 1 saturated heterocycles. The van der Waals surface area contributed by atoms with Gasteiger partial charge in [-0.2, -0.15) is 0 Å². The molecule has 1 unspecified atom stereocenters. The first kappa shape index (κ1) is 24.8. The second-order valence-corrected chi connectivity index (χ2v) is 8.39. The molecule has 2 heterocycles. The second-order valence-electron chi connectivity index (χ2n) is 6.74. The lowest BCUT2D eigenvalue weighted by Gasteiger charge is -2.38. The minimum absolute atomic E-state index is 0.156. The van der Waals surface area contributed by atoms with Gasteiger partial charge in [-0.05, 0) is 24.5 Å². The van der Waals surface area contributed by atoms with Crippen molar-refractivity contribution in [2.45, 2.75) is 30.4 Å². The van der Waals surface area contributed by atoms with Crippen LogP contribution in [0.5, 0.6) is 0 Å². The standard InChI is InChI=1S/C21H24ClNO7S/c1-5-6-15(12(2)22)19(20(26)28-4)23-8-7-17(14(10-23)9-18(24)25)31-11-16-13(3)29-21(27)30-16/h5-6,9,17,19H,1-2,7-8,10-11H2,3-4H3,(H,24,25)/b14-9+,15-6+/t17?,19-/m0/s1. The number of halogens is 1. The number of piperidine rings is 1. The highest BCUT2D eigenvalue weighted by atomic mass is 35.5. The number of likely N-dealkylation sites (tertiary alicyclic amines) is 1. The Morgan fingerprint density at radius 1 is 1.45 bits per heavy atom. The highest BCUT2D eigenvalue weighted by Gasteiger charge is 2.36. The van der Waals surface area contributed by atoms with Gasteiger partial charge in [-0.25, -0.2) is 14.4 Å². The Hall–Kier alpha value is -2.49. The number of nitrogens with zero attached hydrogens (tertiary/aromatic N) is 1. The van der Waals surface area contributed by atoms with Crippen molar-refractivity contribution in [2.24, 2.45) is 0 Å². The largest absolute Gasteiger partial charge is 0.519 e. The first-order chi connectivity index (χ1) is 14.7. The lowest BCUT2D eigenvalue weighted by Crippen LogP contribution is -2.48. The highest BCUT2D eigenvalue weighted by Crippen LogP contribution is 2.34. The fourth-order valence-electron chi connectivity index (χ4n) is 3.32. The van der Waals surface area contributed by atoms with Crippen LogP contribution in [0.25, 0.3) is 0 Å². The number of allylic oxidation sites excluding steroid dienone is 2. The number of carbonyl (C=O) groups is 2. The Kier molecular flexibility index (Phi) is 8.97. The zero-order valence-corrected chi connectivity index (χ0v) is 18.8. The fourth-order valence-corrected chi connectivity index (χ4v) is 4.73. The summed E-state index contributed by atoms with van der Waals surface area (Å²) in [5, 5.41) is 9.36. The van der Waals surface area contributed by atoms with E-state index in [1.54, 1.807) is 17.9 Å². The van der Waals surface area contributed by atoms with Gasteiger partial charge in [0.25, 0.3) is 0 Å². The van der Waals surface area contributed by atoms with E-state index in [-0.39, 0.29) is 16.8 Å². The van der Waals surface area contributed by atoms with Crippen LogP contribution in [0.1, 0.15) is 17.9 Å². The van der Waals surface area contributed by atoms with Gasteiger partial charge in [-0.1, -0.05) is 36.9 Å². The van der Waals surface area contributed by atoms with Crippen molar-refractivity contribution < 1.29 is 28.3 Å². The number of rotatable bonds is 9. The maximum absolute atomic E-state index is 12.6. The number of ether oxygens (including phenoxy) is 1. The third kappa shape index (κ3) is 6.49. The molecule has 0 spiro atoms. The summed E-state index contributed by atoms with van der Waals surface area (Å²) in [5.74, 6) is -1.25. The van der Waals surface area contributed by atoms with Crippen LogP contribution in [-0.2, 0) is 20.1 Å². The third-order valence-electron chi connectivity index (χ3n) is 4.73. The second kappa shape index (κ2) is 11.2. The molecule has 10 heteroatoms. The van der Waals surface area contributed by atoms with E-state index >= 15 is 0 Å². The summed E-state index contributed by atoms with van der Waals surface area (Å²) in [6.45, 7) is 9.67. The van der Waals surface area contributed by atoms with E-state index in [1.165, 1.54) is 24.9 Å². The summed E-state index contributed by atoms with van der Waals surface area (Å²) in [6.07, 6.45) is 4.77. The van der Waals surface area contributed by atoms with Gasteiger partial charge in [0, 0.05) is 29.4 Å². The minimum Gasteiger partial charge on any atom is -0.478 e. The summed E-state index contributed by atoms with van der Waals surface area (Å²) in [5.41, 5.74) is 1.04. The molecule has 0 amide bonds. The van der Waals surface area contributed by atoms with Gasteiger partial charge in [0.05, 0.1) is 12.9 Å². The van der Waals surface area contributed by atoms with E-state index in [4.69, 9.17) is 25.2 Å². The maximum Gasteiger partial charge on any atom is 0.519 e. The maximum atomic E-state index is 12.6. The number of hydrogen-bond donors (Lipinski definition) is 1. The highest BCUT2D eigenvalue weighted by molar-refractivity contribution is 7.99. The average molecular weight is 470 g/mol. The summed E-state index contributed by atoms with van der Waals surface area (Å²) in [7, 11) is 1.27. The van der Waals surface area contributed by atoms with Crippen molar-refractivity contribution in [2.75, 3.05) is 20.2 Å². The molecular weight excluding hydrogens is 446 g/mol. The SMILES string of the molecule is C=C/C=C(\C(=C)Cl)[C@@H](C(=O)OC)N1CCC(SCc2oc(=O)oc2C)/C(=C/C(=O)O)C1. The fraction of sp³-hybridized carbons (Fsp3) is 0.381. The minimum atomic E-state index is -1.09. The molecular formula is C21H24ClNO7S. The number of carboxylic acids is 1. The van der Waals surface area contributed by atoms with Gasteiger partial charge in [0.15, 0.2) is 5.76 Å². The van der Waals surface area contributed by atoms with Crippen LogP contribution in [0, 0.1) is 6.92 Å². The normalized spacial score (nSPS) is 19.8. The smallest absolute Gasteiger partial charge is 0.478 e. The van der Waals surface area contributed by atoms with E-state index in [2.05, 4.69) is 13.2 Å². The van der Waals surface area contributed by atoms with Gasteiger partial charge >= 0.3 is 17.8 Å². The van der Waals surface area contributed by atoms with Crippen LogP contribution in [0.4, 0.5) is 0 Å². The van der Waals surface area contributed by atoms with Crippen LogP contribution in [0.15, 0.2) is 61.2 Å². The van der Waals surface area contributed by atoms with Gasteiger partial charge < -0.3 is 18.7 Å². The number of esters is 1. The molecule has 2 rings (SSSR count). The molecule has 1 aliphatic heterocycles. The lowest BCUT2D eigenvalue weighted by molar-refractivity contribution is -0.145. The Balaban J connectivity index is 2.28. The molecule has 1 fully saturated rings. The van der Waals surface area contributed by atoms with Crippen molar-refractivity contribution in [1.82, 2.24) is 4.90 Å². The van der Waals surface area contributed by atoms with Crippen LogP contribution in [0.2, 0.25) is 0 Å². The number of methoxy groups -OCH3 is 1. The van der Waals surface area contributed by atoms with Gasteiger partial charge in [0.1, 0.15) is 11.8 Å². The molecule has 2 atom stereocenters. The summed E-state index contributed by atoms with van der Waals surface area (Å²) in [6, 6.07) is -0.856. The molecule has 0 bridgehead atoms. The summed E-state index contributed by atoms with van der Waals surface area (Å²) >= 11 is 7.56. The van der Waals surface area contributed by atoms with Gasteiger partial charge in [0.2, 0.25) is 0 Å². The Morgan fingerprint density at radius 2 is 2.16 bits per heavy atom. The van der Waals surface area contributed by atoms with E-state index < -0.39 is 23.8 Å². The first-order valence-electron chi connectivity index (χ1n) is 9.31. The van der Waals surface area contributed by atoms with Crippen molar-refractivity contribution in [3.05, 3.63) is 69.7 Å². The Morgan fingerprint density at radius 3 is 2.68 bits per heavy atom. The van der Waals surface area contributed by atoms with Crippen LogP contribution in [0.3, 0.4) is 0 Å². The monoisotopic (exact) mass is 469 g/mol. The van der Waals surface area contributed by atoms with Crippen LogP contribution in [-0.4, -0.2) is 53.4 Å². The third-order valence-corrected chi connectivity index (χ3v) is 6.32. The number of carboxylic acid groups (broad SMARTS) is 1. The van der Waals surface area contributed by atoms with Crippen molar-refractivity contribution in [3.63, 3.8) is 0 Å². The molecule has 0 saturated carbocycles. The number of aliphatic carboxylic acids is 1. The predicted molar refractivity (Wildman–Crippen MR) is 118 cm³/mol. The predicted octanol–water partition coefficient (Wildman–Crippen LogP) is 3.27. The van der Waals surface area contributed by atoms with E-state index in [0.717, 1.165) is 6.08 Å². The molecule has 0 radical (unpaired) electrons. The average Bonchev–Trinajstić information content (AvgIpc) is 3.03. The Labute approximate surface area is 188 Å². The molecule has 168 valence electrons. The first-order valence-corrected chi connectivity index (χ1v) is 10.7. The molecule has 1 aromatic heterocycles. The Bertz CT molecular complexity index is 975. The van der Waals surface area contributed by atoms with Crippen molar-refractivity contribution >= 4 is 35.3 Å². The number of hydrogen-bond acceptors (Lipinski definition) is 8. The van der Waals surface area contributed by atoms with E-state index in [1.807, 2.05) is 0 Å². The van der Waals surface area contributed by atoms with Crippen LogP contribution >= 0.6 is 23.4 Å². The number of thioether (sulfide) groups is 1. The molecule has 31 heavy (non-hydrogen) atoms. The molecule has 0 aliphatic carbocycles. The van der Waals surface area contributed by atoms with Crippen molar-refractivity contribution in [1.29, 1.82) is 0 Å².